The van der Waals surface area contributed by atoms with Crippen LogP contribution < -0.4 is 5.32 Å². The average Bonchev–Trinajstić information content (AvgIpc) is 2.83. The van der Waals surface area contributed by atoms with Crippen molar-refractivity contribution in [2.45, 2.75) is 45.2 Å². The van der Waals surface area contributed by atoms with Crippen molar-refractivity contribution in [2.75, 3.05) is 19.6 Å². The fourth-order valence-electron chi connectivity index (χ4n) is 2.79. The third-order valence-corrected chi connectivity index (χ3v) is 4.03. The summed E-state index contributed by atoms with van der Waals surface area (Å²) >= 11 is 0. The molecule has 0 spiro atoms. The first-order valence-corrected chi connectivity index (χ1v) is 7.16. The molecule has 18 heavy (non-hydrogen) atoms. The Morgan fingerprint density at radius 1 is 1.56 bits per heavy atom. The van der Waals surface area contributed by atoms with Crippen LogP contribution in [0.2, 0.25) is 0 Å². The van der Waals surface area contributed by atoms with Crippen LogP contribution in [-0.4, -0.2) is 40.4 Å². The van der Waals surface area contributed by atoms with E-state index in [-0.39, 0.29) is 0 Å². The van der Waals surface area contributed by atoms with Crippen molar-refractivity contribution in [3.63, 3.8) is 0 Å². The smallest absolute Gasteiger partial charge is 0.0537 e. The van der Waals surface area contributed by atoms with Gasteiger partial charge in [0.05, 0.1) is 6.20 Å². The second-order valence-electron chi connectivity index (χ2n) is 5.36. The molecule has 1 aromatic heterocycles. The molecule has 0 bridgehead atoms. The Morgan fingerprint density at radius 2 is 2.39 bits per heavy atom. The van der Waals surface area contributed by atoms with E-state index in [4.69, 9.17) is 0 Å². The molecule has 0 aromatic carbocycles. The Bertz CT molecular complexity index is 354. The van der Waals surface area contributed by atoms with Gasteiger partial charge in [0.25, 0.3) is 0 Å². The first-order chi connectivity index (χ1) is 8.70. The summed E-state index contributed by atoms with van der Waals surface area (Å²) in [5, 5.41) is 7.91. The van der Waals surface area contributed by atoms with E-state index >= 15 is 0 Å². The Kier molecular flexibility index (Phi) is 4.78. The summed E-state index contributed by atoms with van der Waals surface area (Å²) in [7, 11) is 1.98. The molecule has 1 saturated heterocycles. The molecule has 4 heteroatoms. The minimum atomic E-state index is 0.451. The molecule has 1 fully saturated rings. The second-order valence-corrected chi connectivity index (χ2v) is 5.36. The van der Waals surface area contributed by atoms with Gasteiger partial charge in [-0.1, -0.05) is 13.3 Å². The lowest BCUT2D eigenvalue weighted by atomic mass is 10.0. The molecule has 0 radical (unpaired) electrons. The van der Waals surface area contributed by atoms with Gasteiger partial charge in [-0.25, -0.2) is 0 Å². The van der Waals surface area contributed by atoms with Gasteiger partial charge in [0.2, 0.25) is 0 Å². The summed E-state index contributed by atoms with van der Waals surface area (Å²) in [6.45, 7) is 7.95. The molecule has 102 valence electrons. The van der Waals surface area contributed by atoms with Gasteiger partial charge in [-0.3, -0.25) is 9.58 Å². The van der Waals surface area contributed by atoms with Crippen molar-refractivity contribution in [3.05, 3.63) is 18.0 Å². The van der Waals surface area contributed by atoms with E-state index in [9.17, 15) is 0 Å². The van der Waals surface area contributed by atoms with Crippen LogP contribution in [0.5, 0.6) is 0 Å². The minimum Gasteiger partial charge on any atom is -0.313 e. The van der Waals surface area contributed by atoms with Gasteiger partial charge >= 0.3 is 0 Å². The van der Waals surface area contributed by atoms with Gasteiger partial charge in [-0.15, -0.1) is 0 Å². The quantitative estimate of drug-likeness (QED) is 0.867. The maximum absolute atomic E-state index is 4.28. The molecule has 1 aliphatic rings. The summed E-state index contributed by atoms with van der Waals surface area (Å²) in [4.78, 5) is 2.54. The third kappa shape index (κ3) is 3.33. The topological polar surface area (TPSA) is 33.1 Å². The molecule has 2 atom stereocenters. The van der Waals surface area contributed by atoms with E-state index in [0.29, 0.717) is 12.1 Å². The minimum absolute atomic E-state index is 0.451. The van der Waals surface area contributed by atoms with Crippen molar-refractivity contribution in [3.8, 4) is 0 Å². The van der Waals surface area contributed by atoms with Crippen LogP contribution in [0.1, 0.15) is 44.7 Å². The van der Waals surface area contributed by atoms with Crippen LogP contribution in [0.15, 0.2) is 12.4 Å². The highest BCUT2D eigenvalue weighted by Crippen LogP contribution is 2.20. The molecule has 2 heterocycles. The van der Waals surface area contributed by atoms with Crippen LogP contribution in [0.3, 0.4) is 0 Å². The number of nitrogens with zero attached hydrogens (tertiary/aromatic N) is 3. The van der Waals surface area contributed by atoms with Gasteiger partial charge < -0.3 is 5.32 Å². The maximum atomic E-state index is 4.28. The monoisotopic (exact) mass is 250 g/mol. The maximum Gasteiger partial charge on any atom is 0.0537 e. The van der Waals surface area contributed by atoms with Gasteiger partial charge in [0.1, 0.15) is 0 Å². The lowest BCUT2D eigenvalue weighted by Crippen LogP contribution is -2.44. The van der Waals surface area contributed by atoms with Crippen LogP contribution in [0.25, 0.3) is 0 Å². The molecule has 1 aromatic rings. The number of hydrogen-bond donors (Lipinski definition) is 1. The molecule has 1 N–H and O–H groups in total. The van der Waals surface area contributed by atoms with Crippen molar-refractivity contribution in [1.82, 2.24) is 20.0 Å². The molecule has 1 aliphatic heterocycles. The van der Waals surface area contributed by atoms with E-state index in [0.717, 1.165) is 13.1 Å². The Balaban J connectivity index is 1.94. The van der Waals surface area contributed by atoms with Crippen molar-refractivity contribution in [2.24, 2.45) is 7.05 Å². The first-order valence-electron chi connectivity index (χ1n) is 7.16. The molecule has 4 nitrogen and oxygen atoms in total. The summed E-state index contributed by atoms with van der Waals surface area (Å²) in [5.41, 5.74) is 1.31. The highest BCUT2D eigenvalue weighted by atomic mass is 15.3. The molecule has 0 aliphatic carbocycles. The van der Waals surface area contributed by atoms with Gasteiger partial charge in [0, 0.05) is 37.4 Å². The third-order valence-electron chi connectivity index (χ3n) is 4.03. The van der Waals surface area contributed by atoms with E-state index in [1.165, 1.54) is 31.4 Å². The Morgan fingerprint density at radius 3 is 2.94 bits per heavy atom. The van der Waals surface area contributed by atoms with E-state index in [1.54, 1.807) is 0 Å². The average molecular weight is 250 g/mol. The number of rotatable bonds is 5. The molecular formula is C14H26N4. The predicted octanol–water partition coefficient (Wildman–Crippen LogP) is 1.95. The SMILES string of the molecule is CCN(CC1CCCCN1)C(C)c1cnn(C)c1. The second kappa shape index (κ2) is 6.34. The summed E-state index contributed by atoms with van der Waals surface area (Å²) in [6, 6.07) is 1.12. The zero-order chi connectivity index (χ0) is 13.0. The van der Waals surface area contributed by atoms with Gasteiger partial charge in [-0.05, 0) is 32.9 Å². The van der Waals surface area contributed by atoms with Crippen LogP contribution >= 0.6 is 0 Å². The van der Waals surface area contributed by atoms with Gasteiger partial charge in [-0.2, -0.15) is 5.10 Å². The lowest BCUT2D eigenvalue weighted by Gasteiger charge is -2.33. The fourth-order valence-corrected chi connectivity index (χ4v) is 2.79. The number of aromatic nitrogens is 2. The summed E-state index contributed by atoms with van der Waals surface area (Å²) < 4.78 is 1.89. The number of nitrogens with one attached hydrogen (secondary N) is 1. The number of hydrogen-bond acceptors (Lipinski definition) is 3. The number of aryl methyl sites for hydroxylation is 1. The zero-order valence-corrected chi connectivity index (χ0v) is 11.9. The first kappa shape index (κ1) is 13.6. The van der Waals surface area contributed by atoms with Crippen LogP contribution in [0.4, 0.5) is 0 Å². The van der Waals surface area contributed by atoms with Crippen molar-refractivity contribution in [1.29, 1.82) is 0 Å². The normalized spacial score (nSPS) is 22.3. The highest BCUT2D eigenvalue weighted by molar-refractivity contribution is 5.09. The van der Waals surface area contributed by atoms with Crippen molar-refractivity contribution >= 4 is 0 Å². The number of likely N-dealkylation sites (N-methyl/N-ethyl adjacent to an activating group) is 1. The summed E-state index contributed by atoms with van der Waals surface area (Å²) in [5.74, 6) is 0. The summed E-state index contributed by atoms with van der Waals surface area (Å²) in [6.07, 6.45) is 8.14. The Hall–Kier alpha value is -0.870. The van der Waals surface area contributed by atoms with E-state index < -0.39 is 0 Å². The lowest BCUT2D eigenvalue weighted by molar-refractivity contribution is 0.184. The van der Waals surface area contributed by atoms with E-state index in [2.05, 4.69) is 35.4 Å². The molecule has 0 saturated carbocycles. The molecule has 2 rings (SSSR count). The highest BCUT2D eigenvalue weighted by Gasteiger charge is 2.20. The fraction of sp³-hybridized carbons (Fsp3) is 0.786. The van der Waals surface area contributed by atoms with E-state index in [1.807, 2.05) is 17.9 Å². The zero-order valence-electron chi connectivity index (χ0n) is 11.9. The molecular weight excluding hydrogens is 224 g/mol. The van der Waals surface area contributed by atoms with Gasteiger partial charge in [0.15, 0.2) is 0 Å². The van der Waals surface area contributed by atoms with Crippen LogP contribution in [-0.2, 0) is 7.05 Å². The Labute approximate surface area is 110 Å². The number of piperidine rings is 1. The predicted molar refractivity (Wildman–Crippen MR) is 74.5 cm³/mol. The molecule has 2 unspecified atom stereocenters. The largest absolute Gasteiger partial charge is 0.313 e. The standard InChI is InChI=1S/C14H26N4/c1-4-18(11-14-7-5-6-8-15-14)12(2)13-9-16-17(3)10-13/h9-10,12,14-15H,4-8,11H2,1-3H3. The molecule has 0 amide bonds. The van der Waals surface area contributed by atoms with Crippen molar-refractivity contribution < 1.29 is 0 Å². The van der Waals surface area contributed by atoms with Crippen LogP contribution in [0, 0.1) is 0 Å².